The predicted molar refractivity (Wildman–Crippen MR) is 80.1 cm³/mol. The first-order valence-electron chi connectivity index (χ1n) is 7.01. The van der Waals surface area contributed by atoms with Crippen LogP contribution in [0.3, 0.4) is 0 Å². The maximum atomic E-state index is 12.9. The van der Waals surface area contributed by atoms with Crippen molar-refractivity contribution in [1.29, 1.82) is 0 Å². The molecular formula is C17H17FN2O. The summed E-state index contributed by atoms with van der Waals surface area (Å²) >= 11 is 0. The Bertz CT molecular complexity index is 667. The van der Waals surface area contributed by atoms with Crippen LogP contribution in [-0.4, -0.2) is 17.4 Å². The number of nitrogens with zero attached hydrogens (tertiary/aromatic N) is 1. The van der Waals surface area contributed by atoms with Crippen molar-refractivity contribution in [3.05, 3.63) is 65.0 Å². The minimum atomic E-state index is -0.284. The first kappa shape index (κ1) is 13.6. The van der Waals surface area contributed by atoms with Crippen LogP contribution in [0.5, 0.6) is 0 Å². The average molecular weight is 284 g/mol. The monoisotopic (exact) mass is 284 g/mol. The van der Waals surface area contributed by atoms with Gasteiger partial charge in [-0.2, -0.15) is 0 Å². The zero-order valence-corrected chi connectivity index (χ0v) is 11.7. The summed E-state index contributed by atoms with van der Waals surface area (Å²) < 4.78 is 12.9. The number of fused-ring (bicyclic) bond motifs is 1. The average Bonchev–Trinajstić information content (AvgIpc) is 2.48. The van der Waals surface area contributed by atoms with E-state index in [4.69, 9.17) is 5.73 Å². The van der Waals surface area contributed by atoms with E-state index in [1.165, 1.54) is 17.7 Å². The van der Waals surface area contributed by atoms with E-state index in [9.17, 15) is 9.18 Å². The smallest absolute Gasteiger partial charge is 0.227 e. The molecule has 108 valence electrons. The van der Waals surface area contributed by atoms with Crippen LogP contribution < -0.4 is 5.73 Å². The lowest BCUT2D eigenvalue weighted by molar-refractivity contribution is -0.131. The van der Waals surface area contributed by atoms with Gasteiger partial charge >= 0.3 is 0 Å². The van der Waals surface area contributed by atoms with Gasteiger partial charge < -0.3 is 10.6 Å². The van der Waals surface area contributed by atoms with E-state index >= 15 is 0 Å². The molecule has 0 fully saturated rings. The summed E-state index contributed by atoms with van der Waals surface area (Å²) in [5, 5.41) is 0. The predicted octanol–water partition coefficient (Wildman–Crippen LogP) is 2.54. The number of halogens is 1. The van der Waals surface area contributed by atoms with E-state index in [2.05, 4.69) is 0 Å². The fraction of sp³-hybridized carbons (Fsp3) is 0.235. The number of hydrogen-bond acceptors (Lipinski definition) is 2. The fourth-order valence-electron chi connectivity index (χ4n) is 2.68. The third kappa shape index (κ3) is 3.05. The van der Waals surface area contributed by atoms with Gasteiger partial charge in [0.25, 0.3) is 0 Å². The van der Waals surface area contributed by atoms with E-state index in [1.54, 1.807) is 12.1 Å². The van der Waals surface area contributed by atoms with Gasteiger partial charge in [-0.05, 0) is 47.4 Å². The summed E-state index contributed by atoms with van der Waals surface area (Å²) in [5.74, 6) is -0.219. The molecule has 0 unspecified atom stereocenters. The van der Waals surface area contributed by atoms with Gasteiger partial charge in [0, 0.05) is 18.8 Å². The van der Waals surface area contributed by atoms with Crippen LogP contribution in [0.1, 0.15) is 16.7 Å². The number of carbonyl (C=O) groups is 1. The molecule has 0 spiro atoms. The van der Waals surface area contributed by atoms with Gasteiger partial charge in [-0.25, -0.2) is 4.39 Å². The second-order valence-electron chi connectivity index (χ2n) is 5.40. The van der Waals surface area contributed by atoms with Crippen molar-refractivity contribution >= 4 is 11.6 Å². The molecule has 0 saturated heterocycles. The van der Waals surface area contributed by atoms with Crippen molar-refractivity contribution in [2.75, 3.05) is 12.3 Å². The Morgan fingerprint density at radius 3 is 2.67 bits per heavy atom. The van der Waals surface area contributed by atoms with Crippen molar-refractivity contribution < 1.29 is 9.18 Å². The van der Waals surface area contributed by atoms with Crippen molar-refractivity contribution in [3.63, 3.8) is 0 Å². The summed E-state index contributed by atoms with van der Waals surface area (Å²) in [6.45, 7) is 1.32. The molecule has 1 heterocycles. The van der Waals surface area contributed by atoms with Crippen LogP contribution in [0.2, 0.25) is 0 Å². The number of nitrogens with two attached hydrogens (primary N) is 1. The molecule has 2 aromatic rings. The maximum Gasteiger partial charge on any atom is 0.227 e. The third-order valence-corrected chi connectivity index (χ3v) is 3.86. The normalized spacial score (nSPS) is 13.9. The van der Waals surface area contributed by atoms with Gasteiger partial charge in [0.15, 0.2) is 0 Å². The van der Waals surface area contributed by atoms with Crippen molar-refractivity contribution in [2.24, 2.45) is 0 Å². The highest BCUT2D eigenvalue weighted by Crippen LogP contribution is 2.22. The quantitative estimate of drug-likeness (QED) is 0.861. The van der Waals surface area contributed by atoms with E-state index in [0.717, 1.165) is 29.8 Å². The molecule has 2 N–H and O–H groups in total. The molecule has 0 radical (unpaired) electrons. The lowest BCUT2D eigenvalue weighted by atomic mass is 9.98. The number of anilines is 1. The summed E-state index contributed by atoms with van der Waals surface area (Å²) in [6.07, 6.45) is 1.16. The largest absolute Gasteiger partial charge is 0.399 e. The van der Waals surface area contributed by atoms with Gasteiger partial charge in [-0.1, -0.05) is 18.2 Å². The highest BCUT2D eigenvalue weighted by molar-refractivity contribution is 5.79. The molecule has 1 aliphatic heterocycles. The number of amides is 1. The summed E-state index contributed by atoms with van der Waals surface area (Å²) in [4.78, 5) is 14.2. The van der Waals surface area contributed by atoms with Crippen LogP contribution >= 0.6 is 0 Å². The number of hydrogen-bond donors (Lipinski definition) is 1. The lowest BCUT2D eigenvalue weighted by Crippen LogP contribution is -2.36. The van der Waals surface area contributed by atoms with Crippen molar-refractivity contribution in [3.8, 4) is 0 Å². The fourth-order valence-corrected chi connectivity index (χ4v) is 2.68. The highest BCUT2D eigenvalue weighted by Gasteiger charge is 2.20. The Kier molecular flexibility index (Phi) is 3.60. The van der Waals surface area contributed by atoms with Crippen LogP contribution in [0.25, 0.3) is 0 Å². The van der Waals surface area contributed by atoms with Gasteiger partial charge in [0.2, 0.25) is 5.91 Å². The van der Waals surface area contributed by atoms with E-state index < -0.39 is 0 Å². The maximum absolute atomic E-state index is 12.9. The minimum absolute atomic E-state index is 0.0645. The molecule has 3 rings (SSSR count). The second kappa shape index (κ2) is 5.56. The van der Waals surface area contributed by atoms with Gasteiger partial charge in [0.1, 0.15) is 5.82 Å². The highest BCUT2D eigenvalue weighted by atomic mass is 19.1. The third-order valence-electron chi connectivity index (χ3n) is 3.86. The van der Waals surface area contributed by atoms with Crippen LogP contribution in [-0.2, 0) is 24.2 Å². The van der Waals surface area contributed by atoms with E-state index in [1.807, 2.05) is 23.1 Å². The number of carbonyl (C=O) groups excluding carboxylic acids is 1. The Morgan fingerprint density at radius 1 is 1.14 bits per heavy atom. The Balaban J connectivity index is 1.70. The lowest BCUT2D eigenvalue weighted by Gasteiger charge is -2.29. The minimum Gasteiger partial charge on any atom is -0.399 e. The zero-order valence-electron chi connectivity index (χ0n) is 11.7. The SMILES string of the molecule is Nc1ccc2c(c1)CN(C(=O)Cc1ccc(F)cc1)CC2. The number of nitrogen functional groups attached to an aromatic ring is 1. The zero-order chi connectivity index (χ0) is 14.8. The first-order chi connectivity index (χ1) is 10.1. The number of rotatable bonds is 2. The van der Waals surface area contributed by atoms with Crippen LogP contribution in [0.4, 0.5) is 10.1 Å². The summed E-state index contributed by atoms with van der Waals surface area (Å²) in [6, 6.07) is 11.9. The molecule has 0 aromatic heterocycles. The Labute approximate surface area is 123 Å². The second-order valence-corrected chi connectivity index (χ2v) is 5.40. The molecule has 0 atom stereocenters. The molecule has 4 heteroatoms. The molecule has 0 saturated carbocycles. The topological polar surface area (TPSA) is 46.3 Å². The van der Waals surface area contributed by atoms with Crippen molar-refractivity contribution in [1.82, 2.24) is 4.90 Å². The molecule has 0 bridgehead atoms. The molecule has 1 aliphatic rings. The Hall–Kier alpha value is -2.36. The van der Waals surface area contributed by atoms with E-state index in [-0.39, 0.29) is 11.7 Å². The van der Waals surface area contributed by atoms with Crippen LogP contribution in [0.15, 0.2) is 42.5 Å². The van der Waals surface area contributed by atoms with E-state index in [0.29, 0.717) is 13.0 Å². The van der Waals surface area contributed by atoms with Crippen molar-refractivity contribution in [2.45, 2.75) is 19.4 Å². The van der Waals surface area contributed by atoms with Gasteiger partial charge in [-0.15, -0.1) is 0 Å². The van der Waals surface area contributed by atoms with Gasteiger partial charge in [-0.3, -0.25) is 4.79 Å². The molecule has 1 amide bonds. The summed E-state index contributed by atoms with van der Waals surface area (Å²) in [5.41, 5.74) is 9.74. The molecule has 3 nitrogen and oxygen atoms in total. The first-order valence-corrected chi connectivity index (χ1v) is 7.01. The molecule has 0 aliphatic carbocycles. The molecule has 21 heavy (non-hydrogen) atoms. The molecular weight excluding hydrogens is 267 g/mol. The van der Waals surface area contributed by atoms with Crippen LogP contribution in [0, 0.1) is 5.82 Å². The Morgan fingerprint density at radius 2 is 1.90 bits per heavy atom. The molecule has 2 aromatic carbocycles. The number of benzene rings is 2. The standard InChI is InChI=1S/C17H17FN2O/c18-15-4-1-12(2-5-15)9-17(21)20-8-7-13-3-6-16(19)10-14(13)11-20/h1-6,10H,7-9,11,19H2. The summed E-state index contributed by atoms with van der Waals surface area (Å²) in [7, 11) is 0. The van der Waals surface area contributed by atoms with Gasteiger partial charge in [0.05, 0.1) is 6.42 Å².